The second-order valence-electron chi connectivity index (χ2n) is 6.43. The van der Waals surface area contributed by atoms with E-state index in [1.54, 1.807) is 41.3 Å². The second-order valence-corrected chi connectivity index (χ2v) is 6.43. The van der Waals surface area contributed by atoms with Gasteiger partial charge in [-0.2, -0.15) is 13.2 Å². The van der Waals surface area contributed by atoms with Gasteiger partial charge in [-0.15, -0.1) is 0 Å². The topological polar surface area (TPSA) is 58.6 Å². The normalized spacial score (nSPS) is 14.2. The number of hydrogen-bond donors (Lipinski definition) is 1. The first-order valence-electron chi connectivity index (χ1n) is 8.79. The molecule has 148 valence electrons. The number of benzene rings is 2. The lowest BCUT2D eigenvalue weighted by Gasteiger charge is -2.15. The van der Waals surface area contributed by atoms with E-state index in [2.05, 4.69) is 10.1 Å². The number of amides is 2. The summed E-state index contributed by atoms with van der Waals surface area (Å²) >= 11 is 0. The van der Waals surface area contributed by atoms with Crippen LogP contribution in [0.2, 0.25) is 0 Å². The monoisotopic (exact) mass is 392 g/mol. The lowest BCUT2D eigenvalue weighted by Crippen LogP contribution is -2.25. The van der Waals surface area contributed by atoms with Crippen molar-refractivity contribution in [2.24, 2.45) is 0 Å². The lowest BCUT2D eigenvalue weighted by atomic mass is 10.1. The number of nitrogens with zero attached hydrogens (tertiary/aromatic N) is 1. The van der Waals surface area contributed by atoms with Crippen LogP contribution in [0.1, 0.15) is 28.8 Å². The van der Waals surface area contributed by atoms with Crippen molar-refractivity contribution in [2.45, 2.75) is 25.6 Å². The van der Waals surface area contributed by atoms with Gasteiger partial charge in [0.1, 0.15) is 5.75 Å². The Labute approximate surface area is 160 Å². The maximum atomic E-state index is 12.3. The van der Waals surface area contributed by atoms with Gasteiger partial charge in [0.25, 0.3) is 5.91 Å². The van der Waals surface area contributed by atoms with Crippen LogP contribution < -0.4 is 15.0 Å². The number of carbonyl (C=O) groups is 2. The molecular weight excluding hydrogens is 373 g/mol. The number of alkyl halides is 3. The molecule has 1 saturated heterocycles. The molecule has 2 aromatic carbocycles. The van der Waals surface area contributed by atoms with Crippen LogP contribution in [-0.4, -0.2) is 31.1 Å². The molecule has 0 saturated carbocycles. The summed E-state index contributed by atoms with van der Waals surface area (Å²) < 4.78 is 41.0. The molecule has 0 atom stereocenters. The zero-order valence-electron chi connectivity index (χ0n) is 15.0. The van der Waals surface area contributed by atoms with Gasteiger partial charge in [-0.05, 0) is 48.4 Å². The predicted octanol–water partition coefficient (Wildman–Crippen LogP) is 3.68. The average molecular weight is 392 g/mol. The Bertz CT molecular complexity index is 833. The second kappa shape index (κ2) is 8.33. The molecule has 1 aliphatic rings. The summed E-state index contributed by atoms with van der Waals surface area (Å²) in [5, 5.41) is 2.75. The Balaban J connectivity index is 1.51. The molecule has 0 spiro atoms. The first-order chi connectivity index (χ1) is 13.3. The van der Waals surface area contributed by atoms with Gasteiger partial charge in [-0.1, -0.05) is 12.1 Å². The third kappa shape index (κ3) is 5.25. The number of anilines is 1. The van der Waals surface area contributed by atoms with E-state index in [9.17, 15) is 22.8 Å². The summed E-state index contributed by atoms with van der Waals surface area (Å²) in [5.41, 5.74) is 1.96. The fourth-order valence-corrected chi connectivity index (χ4v) is 2.87. The van der Waals surface area contributed by atoms with Crippen molar-refractivity contribution < 1.29 is 27.5 Å². The zero-order valence-corrected chi connectivity index (χ0v) is 15.0. The number of nitrogens with one attached hydrogen (secondary N) is 1. The largest absolute Gasteiger partial charge is 0.484 e. The van der Waals surface area contributed by atoms with Crippen LogP contribution in [0.25, 0.3) is 0 Å². The molecular formula is C20H19F3N2O3. The average Bonchev–Trinajstić information content (AvgIpc) is 3.11. The van der Waals surface area contributed by atoms with Gasteiger partial charge in [-0.25, -0.2) is 0 Å². The first-order valence-corrected chi connectivity index (χ1v) is 8.79. The van der Waals surface area contributed by atoms with E-state index in [1.807, 2.05) is 0 Å². The van der Waals surface area contributed by atoms with Crippen molar-refractivity contribution in [1.82, 2.24) is 5.32 Å². The number of hydrogen-bond acceptors (Lipinski definition) is 3. The molecule has 0 aliphatic carbocycles. The van der Waals surface area contributed by atoms with Crippen LogP contribution in [0.4, 0.5) is 18.9 Å². The fraction of sp³-hybridized carbons (Fsp3) is 0.300. The minimum Gasteiger partial charge on any atom is -0.484 e. The van der Waals surface area contributed by atoms with Gasteiger partial charge in [-0.3, -0.25) is 9.59 Å². The molecule has 2 amide bonds. The van der Waals surface area contributed by atoms with E-state index in [4.69, 9.17) is 0 Å². The highest BCUT2D eigenvalue weighted by Crippen LogP contribution is 2.22. The molecule has 1 fully saturated rings. The van der Waals surface area contributed by atoms with Crippen LogP contribution in [0, 0.1) is 0 Å². The molecule has 28 heavy (non-hydrogen) atoms. The SMILES string of the molecule is O=C(NCc1ccc(OCC(F)(F)F)cc1)c1ccc(N2CCCC2=O)cc1. The Morgan fingerprint density at radius 3 is 2.32 bits per heavy atom. The highest BCUT2D eigenvalue weighted by molar-refractivity contribution is 5.97. The van der Waals surface area contributed by atoms with Gasteiger partial charge < -0.3 is 15.0 Å². The van der Waals surface area contributed by atoms with Crippen LogP contribution in [0.3, 0.4) is 0 Å². The lowest BCUT2D eigenvalue weighted by molar-refractivity contribution is -0.153. The van der Waals surface area contributed by atoms with E-state index in [0.717, 1.165) is 17.7 Å². The van der Waals surface area contributed by atoms with E-state index in [1.165, 1.54) is 12.1 Å². The molecule has 2 aromatic rings. The highest BCUT2D eigenvalue weighted by Gasteiger charge is 2.28. The maximum absolute atomic E-state index is 12.3. The number of ether oxygens (including phenoxy) is 1. The van der Waals surface area contributed by atoms with E-state index in [0.29, 0.717) is 18.5 Å². The van der Waals surface area contributed by atoms with Crippen LogP contribution in [0.15, 0.2) is 48.5 Å². The van der Waals surface area contributed by atoms with Crippen molar-refractivity contribution in [3.8, 4) is 5.75 Å². The maximum Gasteiger partial charge on any atom is 0.422 e. The molecule has 1 N–H and O–H groups in total. The van der Waals surface area contributed by atoms with Crippen LogP contribution in [0.5, 0.6) is 5.75 Å². The smallest absolute Gasteiger partial charge is 0.422 e. The molecule has 3 rings (SSSR count). The number of carbonyl (C=O) groups excluding carboxylic acids is 2. The van der Waals surface area contributed by atoms with Crippen molar-refractivity contribution in [1.29, 1.82) is 0 Å². The standard InChI is InChI=1S/C20H19F3N2O3/c21-20(22,23)13-28-17-9-3-14(4-10-17)12-24-19(27)15-5-7-16(8-6-15)25-11-1-2-18(25)26/h3-10H,1-2,11-13H2,(H,24,27). The summed E-state index contributed by atoms with van der Waals surface area (Å²) in [4.78, 5) is 25.7. The zero-order chi connectivity index (χ0) is 20.1. The van der Waals surface area contributed by atoms with Gasteiger partial charge in [0.15, 0.2) is 6.61 Å². The van der Waals surface area contributed by atoms with Crippen molar-refractivity contribution >= 4 is 17.5 Å². The highest BCUT2D eigenvalue weighted by atomic mass is 19.4. The summed E-state index contributed by atoms with van der Waals surface area (Å²) in [7, 11) is 0. The van der Waals surface area contributed by atoms with E-state index < -0.39 is 12.8 Å². The molecule has 1 aliphatic heterocycles. The minimum absolute atomic E-state index is 0.0832. The minimum atomic E-state index is -4.38. The molecule has 0 aromatic heterocycles. The van der Waals surface area contributed by atoms with E-state index in [-0.39, 0.29) is 24.1 Å². The summed E-state index contributed by atoms with van der Waals surface area (Å²) in [6, 6.07) is 12.8. The summed E-state index contributed by atoms with van der Waals surface area (Å²) in [6.07, 6.45) is -3.01. The van der Waals surface area contributed by atoms with E-state index >= 15 is 0 Å². The van der Waals surface area contributed by atoms with Crippen molar-refractivity contribution in [3.05, 3.63) is 59.7 Å². The van der Waals surface area contributed by atoms with Gasteiger partial charge in [0, 0.05) is 30.8 Å². The summed E-state index contributed by atoms with van der Waals surface area (Å²) in [6.45, 7) is -0.431. The van der Waals surface area contributed by atoms with Gasteiger partial charge >= 0.3 is 6.18 Å². The van der Waals surface area contributed by atoms with Crippen molar-refractivity contribution in [2.75, 3.05) is 18.1 Å². The Morgan fingerprint density at radius 1 is 1.07 bits per heavy atom. The van der Waals surface area contributed by atoms with Crippen molar-refractivity contribution in [3.63, 3.8) is 0 Å². The Morgan fingerprint density at radius 2 is 1.75 bits per heavy atom. The molecule has 5 nitrogen and oxygen atoms in total. The van der Waals surface area contributed by atoms with Gasteiger partial charge in [0.05, 0.1) is 0 Å². The third-order valence-corrected chi connectivity index (χ3v) is 4.29. The first kappa shape index (κ1) is 19.7. The summed E-state index contributed by atoms with van der Waals surface area (Å²) in [5.74, 6) is -0.0870. The number of halogens is 3. The quantitative estimate of drug-likeness (QED) is 0.816. The fourth-order valence-electron chi connectivity index (χ4n) is 2.87. The molecule has 8 heteroatoms. The third-order valence-electron chi connectivity index (χ3n) is 4.29. The Kier molecular flexibility index (Phi) is 5.87. The molecule has 0 unspecified atom stereocenters. The van der Waals surface area contributed by atoms with Crippen LogP contribution in [-0.2, 0) is 11.3 Å². The Hall–Kier alpha value is -3.03. The predicted molar refractivity (Wildman–Crippen MR) is 97.2 cm³/mol. The molecule has 1 heterocycles. The van der Waals surface area contributed by atoms with Gasteiger partial charge in [0.2, 0.25) is 5.91 Å². The number of rotatable bonds is 6. The molecule has 0 radical (unpaired) electrons. The van der Waals surface area contributed by atoms with Crippen LogP contribution >= 0.6 is 0 Å². The molecule has 0 bridgehead atoms.